The fourth-order valence-electron chi connectivity index (χ4n) is 3.80. The maximum atomic E-state index is 12.8. The van der Waals surface area contributed by atoms with E-state index >= 15 is 0 Å². The van der Waals surface area contributed by atoms with Crippen molar-refractivity contribution < 1.29 is 19.5 Å². The zero-order chi connectivity index (χ0) is 18.2. The Morgan fingerprint density at radius 2 is 1.60 bits per heavy atom. The normalized spacial score (nSPS) is 23.1. The lowest BCUT2D eigenvalue weighted by Crippen LogP contribution is -2.52. The maximum absolute atomic E-state index is 12.8. The van der Waals surface area contributed by atoms with Crippen molar-refractivity contribution in [3.05, 3.63) is 0 Å². The summed E-state index contributed by atoms with van der Waals surface area (Å²) in [6.45, 7) is 3.75. The number of rotatable bonds is 8. The molecule has 3 amide bonds. The number of hydrogen-bond donors (Lipinski definition) is 2. The van der Waals surface area contributed by atoms with Crippen molar-refractivity contribution in [2.24, 2.45) is 0 Å². The van der Waals surface area contributed by atoms with E-state index in [4.69, 9.17) is 0 Å². The van der Waals surface area contributed by atoms with Crippen molar-refractivity contribution in [3.63, 3.8) is 0 Å². The molecule has 0 aromatic carbocycles. The van der Waals surface area contributed by atoms with Crippen LogP contribution >= 0.6 is 0 Å². The van der Waals surface area contributed by atoms with Crippen LogP contribution in [0.1, 0.15) is 64.7 Å². The summed E-state index contributed by atoms with van der Waals surface area (Å²) < 4.78 is 0. The molecule has 142 valence electrons. The first-order chi connectivity index (χ1) is 12.1. The number of unbranched alkanes of at least 4 members (excludes halogenated alkanes) is 4. The van der Waals surface area contributed by atoms with Gasteiger partial charge in [-0.3, -0.25) is 14.5 Å². The topological polar surface area (TPSA) is 90.0 Å². The monoisotopic (exact) mass is 353 g/mol. The Bertz CT molecular complexity index is 483. The summed E-state index contributed by atoms with van der Waals surface area (Å²) >= 11 is 0. The number of amides is 3. The number of nitrogens with zero attached hydrogens (tertiary/aromatic N) is 2. The van der Waals surface area contributed by atoms with Crippen LogP contribution < -0.4 is 5.32 Å². The van der Waals surface area contributed by atoms with Gasteiger partial charge in [0.15, 0.2) is 0 Å². The zero-order valence-electron chi connectivity index (χ0n) is 15.2. The SMILES string of the molecule is CCCCCCCNC(=O)[C@@H]1CCCN1C(=O)C1CCCN1C(=O)O. The minimum atomic E-state index is -1.05. The molecule has 2 atom stereocenters. The zero-order valence-corrected chi connectivity index (χ0v) is 15.2. The van der Waals surface area contributed by atoms with E-state index in [0.717, 1.165) is 19.3 Å². The fourth-order valence-corrected chi connectivity index (χ4v) is 3.80. The van der Waals surface area contributed by atoms with Crippen LogP contribution in [0.25, 0.3) is 0 Å². The van der Waals surface area contributed by atoms with E-state index in [2.05, 4.69) is 12.2 Å². The second-order valence-corrected chi connectivity index (χ2v) is 7.03. The molecular formula is C18H31N3O4. The quantitative estimate of drug-likeness (QED) is 0.655. The minimum absolute atomic E-state index is 0.0961. The van der Waals surface area contributed by atoms with Gasteiger partial charge in [-0.25, -0.2) is 4.79 Å². The summed E-state index contributed by atoms with van der Waals surface area (Å²) in [7, 11) is 0. The third-order valence-corrected chi connectivity index (χ3v) is 5.20. The van der Waals surface area contributed by atoms with Crippen LogP contribution in [-0.4, -0.2) is 64.5 Å². The second kappa shape index (κ2) is 9.63. The lowest BCUT2D eigenvalue weighted by molar-refractivity contribution is -0.141. The molecule has 2 N–H and O–H groups in total. The first-order valence-corrected chi connectivity index (χ1v) is 9.64. The van der Waals surface area contributed by atoms with E-state index in [9.17, 15) is 19.5 Å². The van der Waals surface area contributed by atoms with Gasteiger partial charge in [0.2, 0.25) is 11.8 Å². The molecule has 7 nitrogen and oxygen atoms in total. The summed E-state index contributed by atoms with van der Waals surface area (Å²) in [6.07, 6.45) is 7.32. The van der Waals surface area contributed by atoms with Gasteiger partial charge in [-0.15, -0.1) is 0 Å². The molecule has 0 saturated carbocycles. The Morgan fingerprint density at radius 3 is 2.28 bits per heavy atom. The molecule has 0 aromatic heterocycles. The van der Waals surface area contributed by atoms with Gasteiger partial charge in [-0.1, -0.05) is 32.6 Å². The van der Waals surface area contributed by atoms with Gasteiger partial charge in [-0.05, 0) is 32.1 Å². The van der Waals surface area contributed by atoms with Crippen molar-refractivity contribution in [1.82, 2.24) is 15.1 Å². The molecule has 0 radical (unpaired) electrons. The number of nitrogens with one attached hydrogen (secondary N) is 1. The molecule has 2 rings (SSSR count). The van der Waals surface area contributed by atoms with Gasteiger partial charge in [0.05, 0.1) is 0 Å². The molecule has 2 saturated heterocycles. The van der Waals surface area contributed by atoms with Gasteiger partial charge in [0.1, 0.15) is 12.1 Å². The van der Waals surface area contributed by atoms with Crippen molar-refractivity contribution in [2.75, 3.05) is 19.6 Å². The van der Waals surface area contributed by atoms with E-state index in [1.54, 1.807) is 4.90 Å². The van der Waals surface area contributed by atoms with E-state index in [-0.39, 0.29) is 11.8 Å². The summed E-state index contributed by atoms with van der Waals surface area (Å²) in [6, 6.07) is -1.07. The van der Waals surface area contributed by atoms with Crippen LogP contribution in [0, 0.1) is 0 Å². The molecule has 7 heteroatoms. The highest BCUT2D eigenvalue weighted by atomic mass is 16.4. The lowest BCUT2D eigenvalue weighted by atomic mass is 10.1. The van der Waals surface area contributed by atoms with Crippen LogP contribution in [0.2, 0.25) is 0 Å². The number of hydrogen-bond acceptors (Lipinski definition) is 3. The molecule has 0 bridgehead atoms. The average molecular weight is 353 g/mol. The van der Waals surface area contributed by atoms with Crippen LogP contribution in [-0.2, 0) is 9.59 Å². The third kappa shape index (κ3) is 5.09. The molecule has 2 aliphatic rings. The van der Waals surface area contributed by atoms with Crippen molar-refractivity contribution in [1.29, 1.82) is 0 Å². The molecule has 2 fully saturated rings. The van der Waals surface area contributed by atoms with Gasteiger partial charge >= 0.3 is 6.09 Å². The molecule has 1 unspecified atom stereocenters. The number of carbonyl (C=O) groups excluding carboxylic acids is 2. The fraction of sp³-hybridized carbons (Fsp3) is 0.833. The molecule has 0 aromatic rings. The van der Waals surface area contributed by atoms with Crippen LogP contribution in [0.3, 0.4) is 0 Å². The van der Waals surface area contributed by atoms with Crippen LogP contribution in [0.5, 0.6) is 0 Å². The first-order valence-electron chi connectivity index (χ1n) is 9.64. The summed E-state index contributed by atoms with van der Waals surface area (Å²) in [5.41, 5.74) is 0. The van der Waals surface area contributed by atoms with Crippen molar-refractivity contribution >= 4 is 17.9 Å². The molecular weight excluding hydrogens is 322 g/mol. The molecule has 25 heavy (non-hydrogen) atoms. The van der Waals surface area contributed by atoms with E-state index in [1.807, 2.05) is 0 Å². The van der Waals surface area contributed by atoms with Crippen molar-refractivity contribution in [3.8, 4) is 0 Å². The molecule has 2 aliphatic heterocycles. The number of likely N-dealkylation sites (tertiary alicyclic amines) is 2. The van der Waals surface area contributed by atoms with Gasteiger partial charge < -0.3 is 15.3 Å². The van der Waals surface area contributed by atoms with Gasteiger partial charge in [0.25, 0.3) is 0 Å². The Hall–Kier alpha value is -1.79. The minimum Gasteiger partial charge on any atom is -0.465 e. The molecule has 2 heterocycles. The van der Waals surface area contributed by atoms with Crippen LogP contribution in [0.4, 0.5) is 4.79 Å². The summed E-state index contributed by atoms with van der Waals surface area (Å²) in [4.78, 5) is 39.3. The van der Waals surface area contributed by atoms with E-state index in [1.165, 1.54) is 24.2 Å². The highest BCUT2D eigenvalue weighted by Gasteiger charge is 2.41. The lowest BCUT2D eigenvalue weighted by Gasteiger charge is -2.29. The second-order valence-electron chi connectivity index (χ2n) is 7.03. The summed E-state index contributed by atoms with van der Waals surface area (Å²) in [5, 5.41) is 12.2. The number of carbonyl (C=O) groups is 3. The van der Waals surface area contributed by atoms with Crippen molar-refractivity contribution in [2.45, 2.75) is 76.8 Å². The first kappa shape index (κ1) is 19.5. The Kier molecular flexibility index (Phi) is 7.52. The Morgan fingerprint density at radius 1 is 0.960 bits per heavy atom. The largest absolute Gasteiger partial charge is 0.465 e. The van der Waals surface area contributed by atoms with Crippen LogP contribution in [0.15, 0.2) is 0 Å². The van der Waals surface area contributed by atoms with E-state index < -0.39 is 18.2 Å². The molecule has 0 aliphatic carbocycles. The Balaban J connectivity index is 1.83. The highest BCUT2D eigenvalue weighted by molar-refractivity contribution is 5.92. The average Bonchev–Trinajstić information content (AvgIpc) is 3.26. The third-order valence-electron chi connectivity index (χ3n) is 5.20. The van der Waals surface area contributed by atoms with Gasteiger partial charge in [-0.2, -0.15) is 0 Å². The summed E-state index contributed by atoms with van der Waals surface area (Å²) in [5.74, 6) is -0.304. The smallest absolute Gasteiger partial charge is 0.407 e. The standard InChI is InChI=1S/C18H31N3O4/c1-2-3-4-5-6-11-19-16(22)14-9-7-12-20(14)17(23)15-10-8-13-21(15)18(24)25/h14-15H,2-13H2,1H3,(H,19,22)(H,24,25)/t14-,15?/m0/s1. The predicted octanol–water partition coefficient (Wildman–Crippen LogP) is 2.21. The number of carboxylic acid groups (broad SMARTS) is 1. The van der Waals surface area contributed by atoms with Gasteiger partial charge in [0, 0.05) is 19.6 Å². The Labute approximate surface area is 149 Å². The highest BCUT2D eigenvalue weighted by Crippen LogP contribution is 2.25. The molecule has 0 spiro atoms. The predicted molar refractivity (Wildman–Crippen MR) is 94.3 cm³/mol. The van der Waals surface area contributed by atoms with E-state index in [0.29, 0.717) is 38.9 Å². The maximum Gasteiger partial charge on any atom is 0.407 e.